The Kier molecular flexibility index (Phi) is 5.90. The van der Waals surface area contributed by atoms with Gasteiger partial charge in [-0.1, -0.05) is 12.1 Å². The molecule has 0 amide bonds. The van der Waals surface area contributed by atoms with Gasteiger partial charge in [-0.25, -0.2) is 0 Å². The summed E-state index contributed by atoms with van der Waals surface area (Å²) < 4.78 is 5.03. The lowest BCUT2D eigenvalue weighted by Crippen LogP contribution is -2.17. The molecule has 0 aliphatic rings. The molecular formula is C13H21NO2. The second-order valence-electron chi connectivity index (χ2n) is 4.00. The van der Waals surface area contributed by atoms with Crippen LogP contribution in [-0.4, -0.2) is 31.5 Å². The number of hydrogen-bond acceptors (Lipinski definition) is 3. The number of anilines is 1. The summed E-state index contributed by atoms with van der Waals surface area (Å²) in [5, 5.41) is 12.2. The quantitative estimate of drug-likeness (QED) is 0.743. The van der Waals surface area contributed by atoms with E-state index in [0.29, 0.717) is 6.04 Å². The Morgan fingerprint density at radius 3 is 2.56 bits per heavy atom. The van der Waals surface area contributed by atoms with Crippen molar-refractivity contribution >= 4 is 5.69 Å². The predicted molar refractivity (Wildman–Crippen MR) is 66.8 cm³/mol. The van der Waals surface area contributed by atoms with Crippen molar-refractivity contribution in [3.05, 3.63) is 29.8 Å². The van der Waals surface area contributed by atoms with E-state index in [0.717, 1.165) is 30.7 Å². The molecule has 90 valence electrons. The van der Waals surface area contributed by atoms with Crippen LogP contribution in [0.25, 0.3) is 0 Å². The monoisotopic (exact) mass is 223 g/mol. The van der Waals surface area contributed by atoms with E-state index in [9.17, 15) is 0 Å². The van der Waals surface area contributed by atoms with Crippen LogP contribution < -0.4 is 5.32 Å². The van der Waals surface area contributed by atoms with Crippen LogP contribution in [0.5, 0.6) is 0 Å². The van der Waals surface area contributed by atoms with Crippen molar-refractivity contribution in [1.82, 2.24) is 0 Å². The molecule has 0 radical (unpaired) electrons. The molecule has 3 heteroatoms. The van der Waals surface area contributed by atoms with Gasteiger partial charge in [0.2, 0.25) is 0 Å². The van der Waals surface area contributed by atoms with E-state index in [1.165, 1.54) is 0 Å². The minimum absolute atomic E-state index is 0.205. The van der Waals surface area contributed by atoms with Gasteiger partial charge in [-0.15, -0.1) is 0 Å². The number of aliphatic hydroxyl groups is 1. The zero-order chi connectivity index (χ0) is 11.8. The molecule has 0 bridgehead atoms. The van der Waals surface area contributed by atoms with E-state index in [4.69, 9.17) is 9.84 Å². The molecule has 1 rings (SSSR count). The lowest BCUT2D eigenvalue weighted by Gasteiger charge is -2.14. The van der Waals surface area contributed by atoms with Gasteiger partial charge in [-0.3, -0.25) is 0 Å². The second-order valence-corrected chi connectivity index (χ2v) is 4.00. The van der Waals surface area contributed by atoms with Gasteiger partial charge in [0.05, 0.1) is 0 Å². The zero-order valence-electron chi connectivity index (χ0n) is 10.1. The van der Waals surface area contributed by atoms with Crippen LogP contribution in [0.4, 0.5) is 5.69 Å². The summed E-state index contributed by atoms with van der Waals surface area (Å²) in [6.07, 6.45) is 1.72. The van der Waals surface area contributed by atoms with E-state index in [1.54, 1.807) is 7.11 Å². The molecule has 0 fully saturated rings. The van der Waals surface area contributed by atoms with Crippen molar-refractivity contribution in [2.75, 3.05) is 25.6 Å². The van der Waals surface area contributed by atoms with Crippen LogP contribution in [0, 0.1) is 0 Å². The Morgan fingerprint density at radius 1 is 1.31 bits per heavy atom. The minimum atomic E-state index is 0.205. The van der Waals surface area contributed by atoms with Crippen molar-refractivity contribution in [2.45, 2.75) is 25.8 Å². The van der Waals surface area contributed by atoms with E-state index in [1.807, 2.05) is 24.3 Å². The number of benzene rings is 1. The maximum Gasteiger partial charge on any atom is 0.0481 e. The van der Waals surface area contributed by atoms with Gasteiger partial charge < -0.3 is 15.2 Å². The fourth-order valence-electron chi connectivity index (χ4n) is 1.55. The predicted octanol–water partition coefficient (Wildman–Crippen LogP) is 2.06. The molecular weight excluding hydrogens is 202 g/mol. The number of ether oxygens (including phenoxy) is 1. The molecule has 0 aliphatic carbocycles. The normalized spacial score (nSPS) is 12.4. The van der Waals surface area contributed by atoms with Crippen LogP contribution in [-0.2, 0) is 11.2 Å². The van der Waals surface area contributed by atoms with E-state index < -0.39 is 0 Å². The Labute approximate surface area is 97.4 Å². The Bertz CT molecular complexity index is 284. The van der Waals surface area contributed by atoms with Crippen molar-refractivity contribution < 1.29 is 9.84 Å². The number of nitrogens with one attached hydrogen (secondary N) is 1. The lowest BCUT2D eigenvalue weighted by molar-refractivity contribution is 0.191. The van der Waals surface area contributed by atoms with Gasteiger partial charge in [-0.2, -0.15) is 0 Å². The van der Waals surface area contributed by atoms with Crippen molar-refractivity contribution in [3.8, 4) is 0 Å². The third-order valence-corrected chi connectivity index (χ3v) is 2.52. The molecule has 16 heavy (non-hydrogen) atoms. The Morgan fingerprint density at radius 2 is 2.00 bits per heavy atom. The average molecular weight is 223 g/mol. The minimum Gasteiger partial charge on any atom is -0.396 e. The summed E-state index contributed by atoms with van der Waals surface area (Å²) in [4.78, 5) is 0. The first-order valence-electron chi connectivity index (χ1n) is 5.71. The highest BCUT2D eigenvalue weighted by Crippen LogP contribution is 2.12. The van der Waals surface area contributed by atoms with Gasteiger partial charge >= 0.3 is 0 Å². The fourth-order valence-corrected chi connectivity index (χ4v) is 1.55. The molecule has 0 spiro atoms. The summed E-state index contributed by atoms with van der Waals surface area (Å²) >= 11 is 0. The summed E-state index contributed by atoms with van der Waals surface area (Å²) in [7, 11) is 1.72. The highest BCUT2D eigenvalue weighted by molar-refractivity contribution is 5.45. The molecule has 0 saturated heterocycles. The highest BCUT2D eigenvalue weighted by Gasteiger charge is 2.01. The summed E-state index contributed by atoms with van der Waals surface area (Å²) in [6, 6.07) is 8.59. The second kappa shape index (κ2) is 7.25. The Balaban J connectivity index is 2.41. The molecule has 0 aromatic heterocycles. The number of rotatable bonds is 7. The summed E-state index contributed by atoms with van der Waals surface area (Å²) in [5.74, 6) is 0. The highest BCUT2D eigenvalue weighted by atomic mass is 16.5. The third kappa shape index (κ3) is 4.64. The molecule has 0 saturated carbocycles. The van der Waals surface area contributed by atoms with Crippen molar-refractivity contribution in [3.63, 3.8) is 0 Å². The number of hydrogen-bond donors (Lipinski definition) is 2. The molecule has 3 nitrogen and oxygen atoms in total. The standard InChI is InChI=1S/C13H21NO2/c1-11(8-10-16-2)14-13-5-3-12(4-6-13)7-9-15/h3-6,11,14-15H,7-10H2,1-2H3. The first-order chi connectivity index (χ1) is 7.76. The first-order valence-corrected chi connectivity index (χ1v) is 5.71. The maximum absolute atomic E-state index is 8.80. The van der Waals surface area contributed by atoms with E-state index in [-0.39, 0.29) is 6.61 Å². The van der Waals surface area contributed by atoms with Crippen LogP contribution in [0.15, 0.2) is 24.3 Å². The smallest absolute Gasteiger partial charge is 0.0481 e. The van der Waals surface area contributed by atoms with Crippen LogP contribution in [0.1, 0.15) is 18.9 Å². The molecule has 0 aliphatic heterocycles. The SMILES string of the molecule is COCCC(C)Nc1ccc(CCO)cc1. The van der Waals surface area contributed by atoms with Crippen molar-refractivity contribution in [1.29, 1.82) is 0 Å². The van der Waals surface area contributed by atoms with E-state index >= 15 is 0 Å². The lowest BCUT2D eigenvalue weighted by atomic mass is 10.1. The maximum atomic E-state index is 8.80. The molecule has 1 unspecified atom stereocenters. The first kappa shape index (κ1) is 13.0. The van der Waals surface area contributed by atoms with Gasteiger partial charge in [0.15, 0.2) is 0 Å². The molecule has 1 aromatic rings. The van der Waals surface area contributed by atoms with E-state index in [2.05, 4.69) is 12.2 Å². The van der Waals surface area contributed by atoms with Gasteiger partial charge in [0, 0.05) is 32.1 Å². The van der Waals surface area contributed by atoms with Gasteiger partial charge in [-0.05, 0) is 37.5 Å². The molecule has 1 atom stereocenters. The third-order valence-electron chi connectivity index (χ3n) is 2.52. The number of methoxy groups -OCH3 is 1. The van der Waals surface area contributed by atoms with Crippen molar-refractivity contribution in [2.24, 2.45) is 0 Å². The van der Waals surface area contributed by atoms with Crippen LogP contribution >= 0.6 is 0 Å². The molecule has 2 N–H and O–H groups in total. The van der Waals surface area contributed by atoms with Crippen LogP contribution in [0.3, 0.4) is 0 Å². The number of aliphatic hydroxyl groups excluding tert-OH is 1. The fraction of sp³-hybridized carbons (Fsp3) is 0.538. The van der Waals surface area contributed by atoms with Crippen LogP contribution in [0.2, 0.25) is 0 Å². The molecule has 1 aromatic carbocycles. The average Bonchev–Trinajstić information content (AvgIpc) is 2.29. The van der Waals surface area contributed by atoms with Gasteiger partial charge in [0.25, 0.3) is 0 Å². The Hall–Kier alpha value is -1.06. The zero-order valence-corrected chi connectivity index (χ0v) is 10.1. The van der Waals surface area contributed by atoms with Gasteiger partial charge in [0.1, 0.15) is 0 Å². The summed E-state index contributed by atoms with van der Waals surface area (Å²) in [6.45, 7) is 3.12. The summed E-state index contributed by atoms with van der Waals surface area (Å²) in [5.41, 5.74) is 2.28. The topological polar surface area (TPSA) is 41.5 Å². The molecule has 0 heterocycles. The largest absolute Gasteiger partial charge is 0.396 e.